The van der Waals surface area contributed by atoms with Gasteiger partial charge < -0.3 is 25.3 Å². The summed E-state index contributed by atoms with van der Waals surface area (Å²) < 4.78 is 15.5. The van der Waals surface area contributed by atoms with E-state index in [0.717, 1.165) is 5.56 Å². The maximum absolute atomic E-state index is 11.7. The molecule has 0 saturated carbocycles. The van der Waals surface area contributed by atoms with Crippen LogP contribution in [0.5, 0.6) is 11.5 Å². The molecule has 1 unspecified atom stereocenters. The van der Waals surface area contributed by atoms with Crippen LogP contribution in [0.25, 0.3) is 0 Å². The summed E-state index contributed by atoms with van der Waals surface area (Å²) in [5.74, 6) is 1.18. The third kappa shape index (κ3) is 4.71. The third-order valence-corrected chi connectivity index (χ3v) is 2.78. The van der Waals surface area contributed by atoms with Crippen LogP contribution in [-0.4, -0.2) is 39.9 Å². The molecule has 0 spiro atoms. The molecule has 3 N–H and O–H groups in total. The van der Waals surface area contributed by atoms with E-state index >= 15 is 0 Å². The van der Waals surface area contributed by atoms with Gasteiger partial charge in [-0.3, -0.25) is 4.79 Å². The second kappa shape index (κ2) is 8.39. The van der Waals surface area contributed by atoms with Gasteiger partial charge in [0.1, 0.15) is 18.1 Å². The Balaban J connectivity index is 2.66. The quantitative estimate of drug-likeness (QED) is 0.691. The Morgan fingerprint density at radius 1 is 1.35 bits per heavy atom. The predicted octanol–water partition coefficient (Wildman–Crippen LogP) is 0.856. The Bertz CT molecular complexity index is 437. The lowest BCUT2D eigenvalue weighted by molar-refractivity contribution is -0.126. The van der Waals surface area contributed by atoms with Crippen molar-refractivity contribution in [2.75, 3.05) is 34.0 Å². The first kappa shape index (κ1) is 16.3. The number of carbonyl (C=O) groups is 1. The number of carbonyl (C=O) groups excluding carboxylic acids is 1. The Labute approximate surface area is 119 Å². The van der Waals surface area contributed by atoms with Crippen molar-refractivity contribution in [2.24, 2.45) is 5.73 Å². The lowest BCUT2D eigenvalue weighted by Gasteiger charge is -2.18. The number of ether oxygens (including phenoxy) is 3. The summed E-state index contributed by atoms with van der Waals surface area (Å²) in [7, 11) is 3.17. The highest BCUT2D eigenvalue weighted by atomic mass is 16.5. The monoisotopic (exact) mass is 282 g/mol. The van der Waals surface area contributed by atoms with Gasteiger partial charge in [-0.1, -0.05) is 0 Å². The summed E-state index contributed by atoms with van der Waals surface area (Å²) in [6.45, 7) is 2.65. The van der Waals surface area contributed by atoms with Crippen molar-refractivity contribution < 1.29 is 19.0 Å². The van der Waals surface area contributed by atoms with Crippen molar-refractivity contribution in [3.63, 3.8) is 0 Å². The lowest BCUT2D eigenvalue weighted by Crippen LogP contribution is -2.31. The van der Waals surface area contributed by atoms with Gasteiger partial charge in [0.05, 0.1) is 26.9 Å². The van der Waals surface area contributed by atoms with Gasteiger partial charge in [0.15, 0.2) is 0 Å². The van der Waals surface area contributed by atoms with Gasteiger partial charge in [0.2, 0.25) is 5.91 Å². The van der Waals surface area contributed by atoms with Crippen molar-refractivity contribution >= 4 is 5.91 Å². The molecule has 1 amide bonds. The summed E-state index contributed by atoms with van der Waals surface area (Å²) in [6.07, 6.45) is 0. The van der Waals surface area contributed by atoms with E-state index in [-0.39, 0.29) is 18.6 Å². The van der Waals surface area contributed by atoms with Crippen LogP contribution in [0.4, 0.5) is 0 Å². The number of hydrogen-bond acceptors (Lipinski definition) is 5. The zero-order valence-electron chi connectivity index (χ0n) is 12.1. The molecule has 1 rings (SSSR count). The Kier molecular flexibility index (Phi) is 6.83. The van der Waals surface area contributed by atoms with Crippen molar-refractivity contribution in [3.05, 3.63) is 23.8 Å². The standard InChI is InChI=1S/C14H22N2O4/c1-10(16-14(17)9-20-7-6-15)12-5-4-11(18-2)8-13(12)19-3/h4-5,8,10H,6-7,9,15H2,1-3H3,(H,16,17). The first-order valence-corrected chi connectivity index (χ1v) is 6.41. The van der Waals surface area contributed by atoms with Gasteiger partial charge in [-0.15, -0.1) is 0 Å². The lowest BCUT2D eigenvalue weighted by atomic mass is 10.1. The molecule has 1 atom stereocenters. The highest BCUT2D eigenvalue weighted by Gasteiger charge is 2.14. The Morgan fingerprint density at radius 2 is 2.10 bits per heavy atom. The highest BCUT2D eigenvalue weighted by Crippen LogP contribution is 2.29. The van der Waals surface area contributed by atoms with Gasteiger partial charge in [0.25, 0.3) is 0 Å². The molecule has 0 heterocycles. The predicted molar refractivity (Wildman–Crippen MR) is 76.0 cm³/mol. The minimum atomic E-state index is -0.191. The number of nitrogens with two attached hydrogens (primary N) is 1. The zero-order chi connectivity index (χ0) is 15.0. The fourth-order valence-electron chi connectivity index (χ4n) is 1.79. The summed E-state index contributed by atoms with van der Waals surface area (Å²) in [6, 6.07) is 5.28. The minimum Gasteiger partial charge on any atom is -0.497 e. The van der Waals surface area contributed by atoms with Gasteiger partial charge >= 0.3 is 0 Å². The molecule has 1 aromatic carbocycles. The average molecular weight is 282 g/mol. The molecule has 0 aromatic heterocycles. The Morgan fingerprint density at radius 3 is 2.70 bits per heavy atom. The molecule has 20 heavy (non-hydrogen) atoms. The first-order chi connectivity index (χ1) is 9.62. The zero-order valence-corrected chi connectivity index (χ0v) is 12.1. The van der Waals surface area contributed by atoms with Crippen molar-refractivity contribution in [1.82, 2.24) is 5.32 Å². The number of amides is 1. The van der Waals surface area contributed by atoms with Gasteiger partial charge in [-0.2, -0.15) is 0 Å². The second-order valence-electron chi connectivity index (χ2n) is 4.24. The van der Waals surface area contributed by atoms with Crippen molar-refractivity contribution in [1.29, 1.82) is 0 Å². The summed E-state index contributed by atoms with van der Waals surface area (Å²) >= 11 is 0. The molecule has 0 bridgehead atoms. The Hall–Kier alpha value is -1.79. The summed E-state index contributed by atoms with van der Waals surface area (Å²) in [4.78, 5) is 11.7. The fourth-order valence-corrected chi connectivity index (χ4v) is 1.79. The van der Waals surface area contributed by atoms with Crippen LogP contribution in [0.15, 0.2) is 18.2 Å². The van der Waals surface area contributed by atoms with Crippen LogP contribution in [-0.2, 0) is 9.53 Å². The van der Waals surface area contributed by atoms with E-state index in [4.69, 9.17) is 19.9 Å². The smallest absolute Gasteiger partial charge is 0.246 e. The van der Waals surface area contributed by atoms with Crippen molar-refractivity contribution in [3.8, 4) is 11.5 Å². The van der Waals surface area contributed by atoms with Crippen LogP contribution in [0, 0.1) is 0 Å². The summed E-state index contributed by atoms with van der Waals surface area (Å²) in [5.41, 5.74) is 6.16. The molecule has 0 radical (unpaired) electrons. The van der Waals surface area contributed by atoms with Gasteiger partial charge in [0, 0.05) is 18.2 Å². The molecule has 112 valence electrons. The topological polar surface area (TPSA) is 82.8 Å². The van der Waals surface area contributed by atoms with Gasteiger partial charge in [-0.25, -0.2) is 0 Å². The second-order valence-corrected chi connectivity index (χ2v) is 4.24. The molecule has 0 fully saturated rings. The maximum Gasteiger partial charge on any atom is 0.246 e. The highest BCUT2D eigenvalue weighted by molar-refractivity contribution is 5.77. The average Bonchev–Trinajstić information content (AvgIpc) is 2.46. The van der Waals surface area contributed by atoms with E-state index in [0.29, 0.717) is 24.7 Å². The SMILES string of the molecule is COc1ccc(C(C)NC(=O)COCCN)c(OC)c1. The number of methoxy groups -OCH3 is 2. The molecule has 6 heteroatoms. The number of rotatable bonds is 8. The van der Waals surface area contributed by atoms with E-state index in [2.05, 4.69) is 5.32 Å². The van der Waals surface area contributed by atoms with Crippen LogP contribution in [0.1, 0.15) is 18.5 Å². The maximum atomic E-state index is 11.7. The van der Waals surface area contributed by atoms with Crippen molar-refractivity contribution in [2.45, 2.75) is 13.0 Å². The van der Waals surface area contributed by atoms with Crippen LogP contribution in [0.3, 0.4) is 0 Å². The van der Waals surface area contributed by atoms with Crippen LogP contribution in [0.2, 0.25) is 0 Å². The van der Waals surface area contributed by atoms with E-state index in [1.165, 1.54) is 0 Å². The molecule has 1 aromatic rings. The number of nitrogens with one attached hydrogen (secondary N) is 1. The molecular weight excluding hydrogens is 260 g/mol. The molecule has 0 aliphatic carbocycles. The van der Waals surface area contributed by atoms with E-state index in [1.54, 1.807) is 20.3 Å². The normalized spacial score (nSPS) is 11.8. The van der Waals surface area contributed by atoms with E-state index in [9.17, 15) is 4.79 Å². The summed E-state index contributed by atoms with van der Waals surface area (Å²) in [5, 5.41) is 2.84. The van der Waals surface area contributed by atoms with Crippen LogP contribution >= 0.6 is 0 Å². The fraction of sp³-hybridized carbons (Fsp3) is 0.500. The molecule has 0 aliphatic heterocycles. The molecule has 0 aliphatic rings. The number of benzene rings is 1. The minimum absolute atomic E-state index is 0.0000101. The molecule has 6 nitrogen and oxygen atoms in total. The molecule has 0 saturated heterocycles. The van der Waals surface area contributed by atoms with E-state index < -0.39 is 0 Å². The first-order valence-electron chi connectivity index (χ1n) is 6.41. The largest absolute Gasteiger partial charge is 0.497 e. The third-order valence-electron chi connectivity index (χ3n) is 2.78. The number of hydrogen-bond donors (Lipinski definition) is 2. The molecular formula is C14H22N2O4. The van der Waals surface area contributed by atoms with E-state index in [1.807, 2.05) is 19.1 Å². The van der Waals surface area contributed by atoms with Gasteiger partial charge in [-0.05, 0) is 19.1 Å². The van der Waals surface area contributed by atoms with Crippen LogP contribution < -0.4 is 20.5 Å².